The molecule has 0 bridgehead atoms. The Labute approximate surface area is 460 Å². The molecule has 0 N–H and O–H groups in total. The predicted molar refractivity (Wildman–Crippen MR) is 325 cm³/mol. The lowest BCUT2D eigenvalue weighted by molar-refractivity contribution is 0.231. The van der Waals surface area contributed by atoms with Gasteiger partial charge in [0.25, 0.3) is 0 Å². The average Bonchev–Trinajstić information content (AvgIpc) is 2.12. The van der Waals surface area contributed by atoms with E-state index in [1.54, 1.807) is 0 Å². The molecule has 0 radical (unpaired) electrons. The van der Waals surface area contributed by atoms with Crippen molar-refractivity contribution in [2.24, 2.45) is 0 Å². The van der Waals surface area contributed by atoms with Gasteiger partial charge in [0.05, 0.1) is 44.6 Å². The van der Waals surface area contributed by atoms with Crippen LogP contribution < -0.4 is 0 Å². The molecule has 2 heterocycles. The van der Waals surface area contributed by atoms with E-state index in [9.17, 15) is 10.5 Å². The van der Waals surface area contributed by atoms with E-state index in [0.29, 0.717) is 11.1 Å². The van der Waals surface area contributed by atoms with Gasteiger partial charge in [-0.05, 0) is 114 Å². The van der Waals surface area contributed by atoms with Crippen molar-refractivity contribution in [3.63, 3.8) is 0 Å². The molecular formula is C75H52N4. The first-order valence-electron chi connectivity index (χ1n) is 27.3. The molecule has 15 rings (SSSR count). The Kier molecular flexibility index (Phi) is 9.97. The zero-order valence-corrected chi connectivity index (χ0v) is 44.4. The zero-order chi connectivity index (χ0) is 53.4. The second kappa shape index (κ2) is 17.0. The van der Waals surface area contributed by atoms with Crippen molar-refractivity contribution < 1.29 is 0 Å². The minimum atomic E-state index is -0.726. The molecular weight excluding hydrogens is 957 g/mol. The Morgan fingerprint density at radius 3 is 0.975 bits per heavy atom. The van der Waals surface area contributed by atoms with Gasteiger partial charge < -0.3 is 9.13 Å². The van der Waals surface area contributed by atoms with E-state index in [-0.39, 0.29) is 0 Å². The molecule has 0 aliphatic heterocycles. The number of benzene rings is 11. The van der Waals surface area contributed by atoms with Crippen molar-refractivity contribution in [2.75, 3.05) is 0 Å². The van der Waals surface area contributed by atoms with Crippen LogP contribution in [0.3, 0.4) is 0 Å². The monoisotopic (exact) mass is 1010 g/mol. The molecule has 0 fully saturated rings. The fraction of sp³-hybridized carbons (Fsp3) is 0.0933. The highest BCUT2D eigenvalue weighted by Gasteiger charge is 2.69. The lowest BCUT2D eigenvalue weighted by atomic mass is 9.52. The highest BCUT2D eigenvalue weighted by atomic mass is 15.0. The largest absolute Gasteiger partial charge is 0.308 e. The number of hydrogen-bond donors (Lipinski definition) is 0. The van der Waals surface area contributed by atoms with Gasteiger partial charge in [-0.15, -0.1) is 0 Å². The molecule has 2 aliphatic rings. The molecule has 1 spiro atoms. The predicted octanol–water partition coefficient (Wildman–Crippen LogP) is 18.8. The third-order valence-electron chi connectivity index (χ3n) is 18.2. The standard InChI is InChI=1S/C75H52N4/c1-73(2)69-70(74(3,4)75(73)63-31-19-17-29-55(63)56-30-18-20-32-64(56)75)72(79-66-40-36-52(48-23-11-6-12-24-48)42-60(66)58-38-34-54(44-68(58)79)50-27-15-8-16-28-50)62(46-77)61(45-76)71(69)78-65-39-35-51(47-21-9-5-10-22-47)41-59(65)57-37-33-53(43-67(57)78)49-25-13-7-14-26-49/h5-44H,1-4H3. The molecule has 0 atom stereocenters. The smallest absolute Gasteiger partial charge is 0.103 e. The number of nitriles is 2. The van der Waals surface area contributed by atoms with Crippen LogP contribution in [0, 0.1) is 22.7 Å². The van der Waals surface area contributed by atoms with Crippen LogP contribution >= 0.6 is 0 Å². The van der Waals surface area contributed by atoms with Gasteiger partial charge in [-0.1, -0.05) is 234 Å². The molecule has 79 heavy (non-hydrogen) atoms. The molecule has 13 aromatic rings. The molecule has 0 unspecified atom stereocenters. The summed E-state index contributed by atoms with van der Waals surface area (Å²) in [5, 5.41) is 29.0. The van der Waals surface area contributed by atoms with E-state index >= 15 is 0 Å². The second-order valence-corrected chi connectivity index (χ2v) is 22.6. The first kappa shape index (κ1) is 46.3. The van der Waals surface area contributed by atoms with Gasteiger partial charge in [-0.3, -0.25) is 0 Å². The highest BCUT2D eigenvalue weighted by Crippen LogP contribution is 2.73. The summed E-state index contributed by atoms with van der Waals surface area (Å²) in [7, 11) is 0. The van der Waals surface area contributed by atoms with Crippen molar-refractivity contribution in [1.29, 1.82) is 10.5 Å². The van der Waals surface area contributed by atoms with Crippen molar-refractivity contribution in [1.82, 2.24) is 9.13 Å². The van der Waals surface area contributed by atoms with Gasteiger partial charge in [0, 0.05) is 37.8 Å². The van der Waals surface area contributed by atoms with E-state index in [1.807, 2.05) is 0 Å². The third-order valence-corrected chi connectivity index (χ3v) is 18.2. The number of fused-ring (bicyclic) bond motifs is 12. The lowest BCUT2D eigenvalue weighted by Gasteiger charge is -2.49. The molecule has 2 aliphatic carbocycles. The summed E-state index contributed by atoms with van der Waals surface area (Å²) < 4.78 is 4.73. The highest BCUT2D eigenvalue weighted by molar-refractivity contribution is 6.14. The molecule has 2 aromatic heterocycles. The van der Waals surface area contributed by atoms with Gasteiger partial charge >= 0.3 is 0 Å². The van der Waals surface area contributed by atoms with Crippen molar-refractivity contribution in [3.8, 4) is 79.1 Å². The summed E-state index contributed by atoms with van der Waals surface area (Å²) in [6, 6.07) is 92.9. The second-order valence-electron chi connectivity index (χ2n) is 22.6. The zero-order valence-electron chi connectivity index (χ0n) is 44.4. The summed E-state index contributed by atoms with van der Waals surface area (Å²) in [5.41, 5.74) is 19.8. The van der Waals surface area contributed by atoms with E-state index in [2.05, 4.69) is 292 Å². The maximum atomic E-state index is 12.4. The van der Waals surface area contributed by atoms with Crippen LogP contribution in [0.5, 0.6) is 0 Å². The Morgan fingerprint density at radius 2 is 0.620 bits per heavy atom. The Balaban J connectivity index is 1.15. The summed E-state index contributed by atoms with van der Waals surface area (Å²) in [6.45, 7) is 9.68. The molecule has 4 heteroatoms. The van der Waals surface area contributed by atoms with Crippen LogP contribution in [-0.2, 0) is 16.2 Å². The molecule has 0 saturated heterocycles. The lowest BCUT2D eigenvalue weighted by Crippen LogP contribution is -2.51. The summed E-state index contributed by atoms with van der Waals surface area (Å²) >= 11 is 0. The number of nitrogens with zero attached hydrogens (tertiary/aromatic N) is 4. The molecule has 0 saturated carbocycles. The minimum Gasteiger partial charge on any atom is -0.308 e. The average molecular weight is 1010 g/mol. The van der Waals surface area contributed by atoms with Crippen LogP contribution in [0.25, 0.3) is 111 Å². The van der Waals surface area contributed by atoms with Crippen LogP contribution in [0.15, 0.2) is 243 Å². The number of rotatable bonds is 6. The maximum Gasteiger partial charge on any atom is 0.103 e. The van der Waals surface area contributed by atoms with Gasteiger partial charge in [0.2, 0.25) is 0 Å². The quantitative estimate of drug-likeness (QED) is 0.167. The van der Waals surface area contributed by atoms with E-state index in [4.69, 9.17) is 0 Å². The number of hydrogen-bond acceptors (Lipinski definition) is 2. The summed E-state index contributed by atoms with van der Waals surface area (Å²) in [6.07, 6.45) is 0. The van der Waals surface area contributed by atoms with E-state index in [0.717, 1.165) is 111 Å². The van der Waals surface area contributed by atoms with Gasteiger partial charge in [0.1, 0.15) is 12.1 Å². The van der Waals surface area contributed by atoms with Crippen molar-refractivity contribution in [3.05, 3.63) is 276 Å². The normalized spacial score (nSPS) is 14.4. The minimum absolute atomic E-state index is 0.350. The van der Waals surface area contributed by atoms with Crippen LogP contribution in [0.4, 0.5) is 0 Å². The molecule has 11 aromatic carbocycles. The third kappa shape index (κ3) is 6.23. The van der Waals surface area contributed by atoms with Gasteiger partial charge in [-0.2, -0.15) is 10.5 Å². The fourth-order valence-corrected chi connectivity index (χ4v) is 15.1. The first-order chi connectivity index (χ1) is 38.6. The number of aromatic nitrogens is 2. The van der Waals surface area contributed by atoms with Crippen LogP contribution in [0.1, 0.15) is 61.1 Å². The SMILES string of the molecule is CC1(C)c2c(-n3c4ccc(-c5ccccc5)cc4c4ccc(-c5ccccc5)cc43)c(C#N)c(C#N)c(-n3c4ccc(-c5ccccc5)cc4c4ccc(-c5ccccc5)cc43)c2C(C)(C)C12c1ccccc1-c1ccccc12. The maximum absolute atomic E-state index is 12.4. The first-order valence-corrected chi connectivity index (χ1v) is 27.3. The fourth-order valence-electron chi connectivity index (χ4n) is 15.1. The Hall–Kier alpha value is -10.0. The van der Waals surface area contributed by atoms with Crippen LogP contribution in [-0.4, -0.2) is 9.13 Å². The molecule has 4 nitrogen and oxygen atoms in total. The molecule has 372 valence electrons. The van der Waals surface area contributed by atoms with Crippen LogP contribution in [0.2, 0.25) is 0 Å². The van der Waals surface area contributed by atoms with E-state index in [1.165, 1.54) is 22.3 Å². The topological polar surface area (TPSA) is 57.4 Å². The van der Waals surface area contributed by atoms with E-state index < -0.39 is 16.2 Å². The Morgan fingerprint density at radius 1 is 0.304 bits per heavy atom. The van der Waals surface area contributed by atoms with Crippen molar-refractivity contribution in [2.45, 2.75) is 43.9 Å². The van der Waals surface area contributed by atoms with Gasteiger partial charge in [-0.25, -0.2) is 0 Å². The summed E-state index contributed by atoms with van der Waals surface area (Å²) in [5.74, 6) is 0. The Bertz CT molecular complexity index is 4470. The van der Waals surface area contributed by atoms with Crippen molar-refractivity contribution >= 4 is 43.6 Å². The van der Waals surface area contributed by atoms with Gasteiger partial charge in [0.15, 0.2) is 0 Å². The molecule has 0 amide bonds. The summed E-state index contributed by atoms with van der Waals surface area (Å²) in [4.78, 5) is 0.